The summed E-state index contributed by atoms with van der Waals surface area (Å²) in [5.41, 5.74) is 0.340. The lowest BCUT2D eigenvalue weighted by molar-refractivity contribution is -0.131. The number of likely N-dealkylation sites (tertiary alicyclic amines) is 1. The van der Waals surface area contributed by atoms with E-state index >= 15 is 0 Å². The number of hydrogen-bond acceptors (Lipinski definition) is 6. The smallest absolute Gasteiger partial charge is 0.410 e. The van der Waals surface area contributed by atoms with Gasteiger partial charge in [-0.3, -0.25) is 4.79 Å². The standard InChI is InChI=1S/C17H20N6O3/c1-21-11-17(26-16(21)25)8-10-22(12-17)14(24)7-9-23-19-15(18-20-23)13-5-3-2-4-6-13/h2-6H,7-12H2,1H3/t17-/m1/s1. The van der Waals surface area contributed by atoms with Crippen LogP contribution in [0.1, 0.15) is 12.8 Å². The first kappa shape index (κ1) is 16.5. The van der Waals surface area contributed by atoms with Crippen LogP contribution in [0.15, 0.2) is 30.3 Å². The first-order chi connectivity index (χ1) is 12.5. The van der Waals surface area contributed by atoms with Crippen molar-refractivity contribution in [1.29, 1.82) is 0 Å². The summed E-state index contributed by atoms with van der Waals surface area (Å²) in [6, 6.07) is 9.58. The number of carbonyl (C=O) groups is 2. The van der Waals surface area contributed by atoms with Crippen LogP contribution in [0.25, 0.3) is 11.4 Å². The number of ether oxygens (including phenoxy) is 1. The van der Waals surface area contributed by atoms with Crippen molar-refractivity contribution in [2.75, 3.05) is 26.7 Å². The van der Waals surface area contributed by atoms with Gasteiger partial charge in [-0.15, -0.1) is 10.2 Å². The van der Waals surface area contributed by atoms with Crippen molar-refractivity contribution in [3.8, 4) is 11.4 Å². The summed E-state index contributed by atoms with van der Waals surface area (Å²) in [6.45, 7) is 1.94. The average molecular weight is 356 g/mol. The summed E-state index contributed by atoms with van der Waals surface area (Å²) >= 11 is 0. The van der Waals surface area contributed by atoms with Crippen molar-refractivity contribution in [2.24, 2.45) is 0 Å². The molecule has 2 aromatic rings. The highest BCUT2D eigenvalue weighted by atomic mass is 16.6. The summed E-state index contributed by atoms with van der Waals surface area (Å²) in [6.07, 6.45) is 0.637. The lowest BCUT2D eigenvalue weighted by Crippen LogP contribution is -2.39. The minimum atomic E-state index is -0.548. The predicted octanol–water partition coefficient (Wildman–Crippen LogP) is 0.783. The highest BCUT2D eigenvalue weighted by Gasteiger charge is 2.49. The van der Waals surface area contributed by atoms with Gasteiger partial charge >= 0.3 is 6.09 Å². The van der Waals surface area contributed by atoms with Crippen LogP contribution in [0.4, 0.5) is 4.79 Å². The molecule has 1 spiro atoms. The molecule has 9 nitrogen and oxygen atoms in total. The second-order valence-corrected chi connectivity index (χ2v) is 6.80. The second-order valence-electron chi connectivity index (χ2n) is 6.80. The third kappa shape index (κ3) is 3.12. The monoisotopic (exact) mass is 356 g/mol. The summed E-state index contributed by atoms with van der Waals surface area (Å²) in [4.78, 5) is 28.8. The van der Waals surface area contributed by atoms with Gasteiger partial charge in [-0.05, 0) is 5.21 Å². The summed E-state index contributed by atoms with van der Waals surface area (Å²) in [7, 11) is 1.71. The van der Waals surface area contributed by atoms with E-state index in [2.05, 4.69) is 15.4 Å². The Morgan fingerprint density at radius 2 is 2.08 bits per heavy atom. The summed E-state index contributed by atoms with van der Waals surface area (Å²) < 4.78 is 5.47. The maximum absolute atomic E-state index is 12.5. The molecule has 2 saturated heterocycles. The molecule has 2 aliphatic rings. The molecule has 26 heavy (non-hydrogen) atoms. The molecule has 3 heterocycles. The van der Waals surface area contributed by atoms with Crippen LogP contribution in [0.5, 0.6) is 0 Å². The normalized spacial score (nSPS) is 22.3. The third-order valence-electron chi connectivity index (χ3n) is 4.82. The number of likely N-dealkylation sites (N-methyl/N-ethyl adjacent to an activating group) is 1. The van der Waals surface area contributed by atoms with Gasteiger partial charge in [0, 0.05) is 32.0 Å². The van der Waals surface area contributed by atoms with Gasteiger partial charge in [0.1, 0.15) is 0 Å². The topological polar surface area (TPSA) is 93.5 Å². The molecule has 0 unspecified atom stereocenters. The van der Waals surface area contributed by atoms with Crippen LogP contribution in [-0.4, -0.2) is 74.3 Å². The zero-order valence-corrected chi connectivity index (χ0v) is 14.5. The Labute approximate surface area is 150 Å². The molecule has 1 aromatic carbocycles. The molecule has 0 radical (unpaired) electrons. The van der Waals surface area contributed by atoms with Crippen molar-refractivity contribution in [1.82, 2.24) is 30.0 Å². The SMILES string of the molecule is CN1C[C@@]2(CCN(C(=O)CCn3nnc(-c4ccccc4)n3)C2)OC1=O. The zero-order chi connectivity index (χ0) is 18.1. The minimum Gasteiger partial charge on any atom is -0.439 e. The highest BCUT2D eigenvalue weighted by molar-refractivity contribution is 5.77. The van der Waals surface area contributed by atoms with Crippen molar-refractivity contribution in [3.05, 3.63) is 30.3 Å². The molecule has 2 aliphatic heterocycles. The summed E-state index contributed by atoms with van der Waals surface area (Å²) in [5.74, 6) is 0.546. The Morgan fingerprint density at radius 3 is 2.81 bits per heavy atom. The van der Waals surface area contributed by atoms with Gasteiger partial charge in [-0.25, -0.2) is 4.79 Å². The quantitative estimate of drug-likeness (QED) is 0.804. The highest BCUT2D eigenvalue weighted by Crippen LogP contribution is 2.31. The lowest BCUT2D eigenvalue weighted by Gasteiger charge is -2.21. The van der Waals surface area contributed by atoms with E-state index in [1.54, 1.807) is 16.8 Å². The third-order valence-corrected chi connectivity index (χ3v) is 4.82. The second kappa shape index (κ2) is 6.40. The number of aromatic nitrogens is 4. The molecule has 136 valence electrons. The van der Waals surface area contributed by atoms with E-state index < -0.39 is 5.60 Å². The van der Waals surface area contributed by atoms with Crippen molar-refractivity contribution >= 4 is 12.0 Å². The van der Waals surface area contributed by atoms with E-state index in [0.717, 1.165) is 5.56 Å². The van der Waals surface area contributed by atoms with E-state index in [-0.39, 0.29) is 18.4 Å². The zero-order valence-electron chi connectivity index (χ0n) is 14.5. The molecule has 1 atom stereocenters. The number of aryl methyl sites for hydroxylation is 1. The molecular weight excluding hydrogens is 336 g/mol. The number of amides is 2. The van der Waals surface area contributed by atoms with Crippen LogP contribution in [0.2, 0.25) is 0 Å². The van der Waals surface area contributed by atoms with E-state index in [0.29, 0.717) is 38.4 Å². The van der Waals surface area contributed by atoms with Gasteiger partial charge in [0.2, 0.25) is 11.7 Å². The molecule has 9 heteroatoms. The van der Waals surface area contributed by atoms with Gasteiger partial charge in [0.05, 0.1) is 19.6 Å². The molecule has 1 aromatic heterocycles. The van der Waals surface area contributed by atoms with Crippen molar-refractivity contribution in [3.63, 3.8) is 0 Å². The maximum atomic E-state index is 12.5. The molecule has 2 amide bonds. The number of nitrogens with zero attached hydrogens (tertiary/aromatic N) is 6. The fourth-order valence-electron chi connectivity index (χ4n) is 3.46. The fourth-order valence-corrected chi connectivity index (χ4v) is 3.46. The van der Waals surface area contributed by atoms with Crippen LogP contribution in [0, 0.1) is 0 Å². The predicted molar refractivity (Wildman–Crippen MR) is 90.9 cm³/mol. The van der Waals surface area contributed by atoms with E-state index in [1.807, 2.05) is 30.3 Å². The molecule has 0 saturated carbocycles. The molecule has 4 rings (SSSR count). The van der Waals surface area contributed by atoms with Crippen LogP contribution in [-0.2, 0) is 16.1 Å². The minimum absolute atomic E-state index is 0.00559. The number of benzene rings is 1. The first-order valence-corrected chi connectivity index (χ1v) is 8.60. The first-order valence-electron chi connectivity index (χ1n) is 8.60. The van der Waals surface area contributed by atoms with Gasteiger partial charge in [-0.1, -0.05) is 30.3 Å². The Morgan fingerprint density at radius 1 is 1.27 bits per heavy atom. The molecule has 2 fully saturated rings. The van der Waals surface area contributed by atoms with Crippen molar-refractivity contribution < 1.29 is 14.3 Å². The number of tetrazole rings is 1. The fraction of sp³-hybridized carbons (Fsp3) is 0.471. The molecule has 0 aliphatic carbocycles. The molecule has 0 bridgehead atoms. The van der Waals surface area contributed by atoms with Crippen LogP contribution in [0.3, 0.4) is 0 Å². The van der Waals surface area contributed by atoms with Gasteiger partial charge in [-0.2, -0.15) is 4.80 Å². The van der Waals surface area contributed by atoms with Crippen LogP contribution >= 0.6 is 0 Å². The molecule has 0 N–H and O–H groups in total. The van der Waals surface area contributed by atoms with Gasteiger partial charge < -0.3 is 14.5 Å². The lowest BCUT2D eigenvalue weighted by atomic mass is 10.0. The van der Waals surface area contributed by atoms with E-state index in [1.165, 1.54) is 4.80 Å². The Kier molecular flexibility index (Phi) is 4.06. The molecular formula is C17H20N6O3. The largest absolute Gasteiger partial charge is 0.439 e. The van der Waals surface area contributed by atoms with Gasteiger partial charge in [0.15, 0.2) is 5.60 Å². The Bertz CT molecular complexity index is 823. The van der Waals surface area contributed by atoms with Crippen molar-refractivity contribution in [2.45, 2.75) is 25.0 Å². The number of hydrogen-bond donors (Lipinski definition) is 0. The maximum Gasteiger partial charge on any atom is 0.410 e. The number of carbonyl (C=O) groups excluding carboxylic acids is 2. The Balaban J connectivity index is 1.32. The van der Waals surface area contributed by atoms with E-state index in [9.17, 15) is 9.59 Å². The Hall–Kier alpha value is -2.97. The van der Waals surface area contributed by atoms with Gasteiger partial charge in [0.25, 0.3) is 0 Å². The average Bonchev–Trinajstić information content (AvgIpc) is 3.34. The van der Waals surface area contributed by atoms with E-state index in [4.69, 9.17) is 4.74 Å². The summed E-state index contributed by atoms with van der Waals surface area (Å²) in [5, 5.41) is 12.4. The van der Waals surface area contributed by atoms with Crippen LogP contribution < -0.4 is 0 Å². The number of rotatable bonds is 4.